The molecule has 2 heterocycles. The quantitative estimate of drug-likeness (QED) is 0.861. The number of nitrogens with one attached hydrogen (secondary N) is 2. The Labute approximate surface area is 142 Å². The van der Waals surface area contributed by atoms with Gasteiger partial charge in [0.15, 0.2) is 6.10 Å². The minimum absolute atomic E-state index is 0. The van der Waals surface area contributed by atoms with Crippen molar-refractivity contribution < 1.29 is 14.3 Å². The van der Waals surface area contributed by atoms with E-state index >= 15 is 0 Å². The first-order valence-corrected chi connectivity index (χ1v) is 7.72. The standard InChI is InChI=1S/C16H21N3O3.ClH/c1-11-16(21)19(13-6-2-3-7-14(13)22-11)10-15(20)18-9-12-5-4-8-17-12;/h2-3,6-7,11-12,17H,4-5,8-10H2,1H3,(H,18,20);1H. The average molecular weight is 340 g/mol. The second-order valence-corrected chi connectivity index (χ2v) is 5.75. The number of carbonyl (C=O) groups is 2. The Morgan fingerprint density at radius 2 is 2.22 bits per heavy atom. The fourth-order valence-electron chi connectivity index (χ4n) is 2.89. The molecule has 2 unspecified atom stereocenters. The molecule has 7 heteroatoms. The summed E-state index contributed by atoms with van der Waals surface area (Å²) in [5, 5.41) is 6.23. The van der Waals surface area contributed by atoms with E-state index in [4.69, 9.17) is 4.74 Å². The number of carbonyl (C=O) groups excluding carboxylic acids is 2. The van der Waals surface area contributed by atoms with Gasteiger partial charge in [0.1, 0.15) is 12.3 Å². The maximum atomic E-state index is 12.3. The number of para-hydroxylation sites is 2. The minimum atomic E-state index is -0.570. The predicted octanol–water partition coefficient (Wildman–Crippen LogP) is 1.09. The monoisotopic (exact) mass is 339 g/mol. The van der Waals surface area contributed by atoms with Crippen LogP contribution in [0.1, 0.15) is 19.8 Å². The molecule has 2 aliphatic rings. The lowest BCUT2D eigenvalue weighted by Crippen LogP contribution is -2.49. The van der Waals surface area contributed by atoms with E-state index in [1.165, 1.54) is 4.90 Å². The number of halogens is 1. The van der Waals surface area contributed by atoms with E-state index in [1.807, 2.05) is 18.2 Å². The van der Waals surface area contributed by atoms with Crippen LogP contribution in [0.25, 0.3) is 0 Å². The Balaban J connectivity index is 0.00000192. The molecule has 2 N–H and O–H groups in total. The van der Waals surface area contributed by atoms with Gasteiger partial charge in [-0.05, 0) is 38.4 Å². The molecule has 6 nitrogen and oxygen atoms in total. The molecule has 23 heavy (non-hydrogen) atoms. The van der Waals surface area contributed by atoms with Crippen LogP contribution < -0.4 is 20.3 Å². The number of rotatable bonds is 4. The molecule has 1 saturated heterocycles. The Bertz CT molecular complexity index is 575. The molecule has 0 bridgehead atoms. The maximum absolute atomic E-state index is 12.3. The third kappa shape index (κ3) is 3.95. The van der Waals surface area contributed by atoms with Gasteiger partial charge in [-0.2, -0.15) is 0 Å². The van der Waals surface area contributed by atoms with Crippen molar-refractivity contribution in [3.05, 3.63) is 24.3 Å². The molecule has 0 aliphatic carbocycles. The van der Waals surface area contributed by atoms with E-state index in [9.17, 15) is 9.59 Å². The zero-order valence-corrected chi connectivity index (χ0v) is 13.9. The van der Waals surface area contributed by atoms with Crippen LogP contribution in [0.15, 0.2) is 24.3 Å². The van der Waals surface area contributed by atoms with Gasteiger partial charge in [0.05, 0.1) is 5.69 Å². The van der Waals surface area contributed by atoms with E-state index in [2.05, 4.69) is 10.6 Å². The average Bonchev–Trinajstić information content (AvgIpc) is 3.03. The zero-order valence-electron chi connectivity index (χ0n) is 13.1. The number of nitrogens with zero attached hydrogens (tertiary/aromatic N) is 1. The van der Waals surface area contributed by atoms with Crippen molar-refractivity contribution in [2.24, 2.45) is 0 Å². The molecule has 0 saturated carbocycles. The lowest BCUT2D eigenvalue weighted by Gasteiger charge is -2.32. The zero-order chi connectivity index (χ0) is 15.5. The van der Waals surface area contributed by atoms with E-state index < -0.39 is 6.10 Å². The van der Waals surface area contributed by atoms with E-state index in [0.717, 1.165) is 19.4 Å². The van der Waals surface area contributed by atoms with E-state index in [1.54, 1.807) is 13.0 Å². The van der Waals surface area contributed by atoms with Gasteiger partial charge in [0.25, 0.3) is 5.91 Å². The van der Waals surface area contributed by atoms with Crippen LogP contribution in [0.5, 0.6) is 5.75 Å². The van der Waals surface area contributed by atoms with Gasteiger partial charge in [-0.25, -0.2) is 0 Å². The number of amides is 2. The summed E-state index contributed by atoms with van der Waals surface area (Å²) in [7, 11) is 0. The highest BCUT2D eigenvalue weighted by Gasteiger charge is 2.32. The van der Waals surface area contributed by atoms with Gasteiger partial charge in [-0.1, -0.05) is 12.1 Å². The number of hydrogen-bond acceptors (Lipinski definition) is 4. The molecule has 1 aromatic carbocycles. The molecule has 0 spiro atoms. The van der Waals surface area contributed by atoms with Crippen LogP contribution in [-0.2, 0) is 9.59 Å². The van der Waals surface area contributed by atoms with Gasteiger partial charge in [0, 0.05) is 12.6 Å². The summed E-state index contributed by atoms with van der Waals surface area (Å²) in [6.07, 6.45) is 1.66. The van der Waals surface area contributed by atoms with Gasteiger partial charge < -0.3 is 15.4 Å². The first-order chi connectivity index (χ1) is 10.6. The van der Waals surface area contributed by atoms with Gasteiger partial charge >= 0.3 is 0 Å². The van der Waals surface area contributed by atoms with Crippen LogP contribution in [0, 0.1) is 0 Å². The molecule has 3 rings (SSSR count). The number of hydrogen-bond donors (Lipinski definition) is 2. The topological polar surface area (TPSA) is 70.7 Å². The molecule has 126 valence electrons. The second-order valence-electron chi connectivity index (χ2n) is 5.75. The first kappa shape index (κ1) is 17.6. The lowest BCUT2D eigenvalue weighted by atomic mass is 10.2. The van der Waals surface area contributed by atoms with Crippen LogP contribution >= 0.6 is 12.4 Å². The fourth-order valence-corrected chi connectivity index (χ4v) is 2.89. The number of anilines is 1. The summed E-state index contributed by atoms with van der Waals surface area (Å²) in [5.41, 5.74) is 0.653. The van der Waals surface area contributed by atoms with Gasteiger partial charge in [-0.15, -0.1) is 12.4 Å². The Hall–Kier alpha value is -1.79. The van der Waals surface area contributed by atoms with Crippen LogP contribution in [-0.4, -0.2) is 43.6 Å². The third-order valence-electron chi connectivity index (χ3n) is 4.08. The second kappa shape index (κ2) is 7.66. The lowest BCUT2D eigenvalue weighted by molar-refractivity contribution is -0.128. The van der Waals surface area contributed by atoms with Gasteiger partial charge in [0.2, 0.25) is 5.91 Å². The summed E-state index contributed by atoms with van der Waals surface area (Å²) < 4.78 is 5.56. The molecule has 2 aliphatic heterocycles. The molecule has 1 fully saturated rings. The summed E-state index contributed by atoms with van der Waals surface area (Å²) in [5.74, 6) is 0.304. The van der Waals surface area contributed by atoms with Crippen LogP contribution in [0.2, 0.25) is 0 Å². The summed E-state index contributed by atoms with van der Waals surface area (Å²) in [4.78, 5) is 25.9. The summed E-state index contributed by atoms with van der Waals surface area (Å²) >= 11 is 0. The van der Waals surface area contributed by atoms with Crippen molar-refractivity contribution in [3.63, 3.8) is 0 Å². The smallest absolute Gasteiger partial charge is 0.268 e. The van der Waals surface area contributed by atoms with Crippen molar-refractivity contribution in [2.75, 3.05) is 24.5 Å². The predicted molar refractivity (Wildman–Crippen MR) is 90.2 cm³/mol. The SMILES string of the molecule is CC1Oc2ccccc2N(CC(=O)NCC2CCCN2)C1=O.Cl. The minimum Gasteiger partial charge on any atom is -0.479 e. The largest absolute Gasteiger partial charge is 0.479 e. The Morgan fingerprint density at radius 1 is 1.43 bits per heavy atom. The first-order valence-electron chi connectivity index (χ1n) is 7.72. The Morgan fingerprint density at radius 3 is 2.96 bits per heavy atom. The molecule has 2 amide bonds. The van der Waals surface area contributed by atoms with Crippen LogP contribution in [0.3, 0.4) is 0 Å². The molecule has 2 atom stereocenters. The van der Waals surface area contributed by atoms with Crippen molar-refractivity contribution in [2.45, 2.75) is 31.9 Å². The highest BCUT2D eigenvalue weighted by molar-refractivity contribution is 6.03. The summed E-state index contributed by atoms with van der Waals surface area (Å²) in [6, 6.07) is 7.64. The molecule has 1 aromatic rings. The van der Waals surface area contributed by atoms with Crippen molar-refractivity contribution in [1.29, 1.82) is 0 Å². The molecular formula is C16H22ClN3O3. The molecule has 0 radical (unpaired) electrons. The van der Waals surface area contributed by atoms with Crippen molar-refractivity contribution in [1.82, 2.24) is 10.6 Å². The third-order valence-corrected chi connectivity index (χ3v) is 4.08. The van der Waals surface area contributed by atoms with Gasteiger partial charge in [-0.3, -0.25) is 14.5 Å². The molecule has 0 aromatic heterocycles. The maximum Gasteiger partial charge on any atom is 0.268 e. The van der Waals surface area contributed by atoms with Crippen molar-refractivity contribution >= 4 is 29.9 Å². The Kier molecular flexibility index (Phi) is 5.85. The van der Waals surface area contributed by atoms with E-state index in [-0.39, 0.29) is 30.8 Å². The van der Waals surface area contributed by atoms with E-state index in [0.29, 0.717) is 24.0 Å². The number of benzene rings is 1. The molecular weight excluding hydrogens is 318 g/mol. The van der Waals surface area contributed by atoms with Crippen molar-refractivity contribution in [3.8, 4) is 5.75 Å². The number of fused-ring (bicyclic) bond motifs is 1. The number of ether oxygens (including phenoxy) is 1. The highest BCUT2D eigenvalue weighted by atomic mass is 35.5. The normalized spacial score (nSPS) is 22.8. The highest BCUT2D eigenvalue weighted by Crippen LogP contribution is 2.33. The fraction of sp³-hybridized carbons (Fsp3) is 0.500. The summed E-state index contributed by atoms with van der Waals surface area (Å²) in [6.45, 7) is 3.34. The van der Waals surface area contributed by atoms with Crippen LogP contribution in [0.4, 0.5) is 5.69 Å².